The van der Waals surface area contributed by atoms with Gasteiger partial charge in [-0.15, -0.1) is 0 Å². The van der Waals surface area contributed by atoms with E-state index < -0.39 is 0 Å². The van der Waals surface area contributed by atoms with Crippen LogP contribution in [0.3, 0.4) is 0 Å². The Morgan fingerprint density at radius 3 is 2.10 bits per heavy atom. The standard InChI is InChI=1S/C28H52O2/c1-20(2)11-8-12-21(3)13-9-14-22(4)15-10-17-28(7)18-16-25-19-26(29)23(5)24(6)27(25)30-28/h20-25,27H,8-19H2,1-7H3. The molecule has 2 fully saturated rings. The molecule has 0 radical (unpaired) electrons. The Bertz CT molecular complexity index is 511. The number of fused-ring (bicyclic) bond motifs is 1. The van der Waals surface area contributed by atoms with E-state index in [9.17, 15) is 4.79 Å². The maximum Gasteiger partial charge on any atom is 0.136 e. The molecule has 0 aromatic heterocycles. The molecule has 7 unspecified atom stereocenters. The molecular formula is C28H52O2. The predicted octanol–water partition coefficient (Wildman–Crippen LogP) is 8.22. The van der Waals surface area contributed by atoms with Crippen LogP contribution in [-0.2, 0) is 9.53 Å². The molecule has 30 heavy (non-hydrogen) atoms. The van der Waals surface area contributed by atoms with E-state index in [-0.39, 0.29) is 11.5 Å². The van der Waals surface area contributed by atoms with Crippen molar-refractivity contribution in [3.05, 3.63) is 0 Å². The average molecular weight is 421 g/mol. The lowest BCUT2D eigenvalue weighted by atomic mass is 9.68. The fourth-order valence-corrected chi connectivity index (χ4v) is 5.90. The smallest absolute Gasteiger partial charge is 0.136 e. The number of ether oxygens (including phenoxy) is 1. The van der Waals surface area contributed by atoms with Crippen LogP contribution in [0.4, 0.5) is 0 Å². The summed E-state index contributed by atoms with van der Waals surface area (Å²) in [5.41, 5.74) is 0.0280. The minimum Gasteiger partial charge on any atom is -0.371 e. The first-order valence-corrected chi connectivity index (χ1v) is 13.3. The molecule has 176 valence electrons. The fourth-order valence-electron chi connectivity index (χ4n) is 5.90. The van der Waals surface area contributed by atoms with E-state index in [0.717, 1.165) is 30.6 Å². The SMILES string of the molecule is CC(C)CCCC(C)CCCC(C)CCCC1(C)CCC2CC(=O)C(C)C(C)C2O1. The van der Waals surface area contributed by atoms with Crippen molar-refractivity contribution in [1.82, 2.24) is 0 Å². The molecule has 1 aliphatic heterocycles. The van der Waals surface area contributed by atoms with Crippen LogP contribution in [0.15, 0.2) is 0 Å². The summed E-state index contributed by atoms with van der Waals surface area (Å²) in [5.74, 6) is 4.05. The first kappa shape index (κ1) is 25.9. The quantitative estimate of drug-likeness (QED) is 0.318. The van der Waals surface area contributed by atoms with Gasteiger partial charge in [0.2, 0.25) is 0 Å². The largest absolute Gasteiger partial charge is 0.371 e. The zero-order valence-electron chi connectivity index (χ0n) is 21.3. The summed E-state index contributed by atoms with van der Waals surface area (Å²) in [6.07, 6.45) is 15.5. The van der Waals surface area contributed by atoms with Crippen molar-refractivity contribution in [3.63, 3.8) is 0 Å². The van der Waals surface area contributed by atoms with E-state index >= 15 is 0 Å². The Kier molecular flexibility index (Phi) is 10.4. The molecule has 0 bridgehead atoms. The van der Waals surface area contributed by atoms with E-state index in [4.69, 9.17) is 4.74 Å². The lowest BCUT2D eigenvalue weighted by Crippen LogP contribution is -2.51. The topological polar surface area (TPSA) is 26.3 Å². The summed E-state index contributed by atoms with van der Waals surface area (Å²) in [4.78, 5) is 12.2. The van der Waals surface area contributed by atoms with Gasteiger partial charge in [0, 0.05) is 12.3 Å². The average Bonchev–Trinajstić information content (AvgIpc) is 2.67. The number of Topliss-reactive ketones (excluding diaryl/α,β-unsaturated/α-hetero) is 1. The highest BCUT2D eigenvalue weighted by atomic mass is 16.5. The highest BCUT2D eigenvalue weighted by Crippen LogP contribution is 2.45. The summed E-state index contributed by atoms with van der Waals surface area (Å²) in [6.45, 7) is 16.2. The van der Waals surface area contributed by atoms with Crippen LogP contribution in [0.25, 0.3) is 0 Å². The Hall–Kier alpha value is -0.370. The van der Waals surface area contributed by atoms with Crippen LogP contribution in [0.5, 0.6) is 0 Å². The lowest BCUT2D eigenvalue weighted by molar-refractivity contribution is -0.187. The molecule has 2 aliphatic rings. The molecule has 1 saturated heterocycles. The van der Waals surface area contributed by atoms with Gasteiger partial charge in [-0.25, -0.2) is 0 Å². The molecule has 1 saturated carbocycles. The van der Waals surface area contributed by atoms with Crippen molar-refractivity contribution >= 4 is 5.78 Å². The summed E-state index contributed by atoms with van der Waals surface area (Å²) >= 11 is 0. The van der Waals surface area contributed by atoms with Gasteiger partial charge in [0.25, 0.3) is 0 Å². The van der Waals surface area contributed by atoms with Crippen molar-refractivity contribution in [2.24, 2.45) is 35.5 Å². The Morgan fingerprint density at radius 1 is 0.933 bits per heavy atom. The van der Waals surface area contributed by atoms with Gasteiger partial charge in [0.15, 0.2) is 0 Å². The van der Waals surface area contributed by atoms with Gasteiger partial charge >= 0.3 is 0 Å². The minimum atomic E-state index is 0.0280. The van der Waals surface area contributed by atoms with Crippen LogP contribution in [0.2, 0.25) is 0 Å². The third kappa shape index (κ3) is 7.95. The second kappa shape index (κ2) is 12.0. The molecule has 1 aliphatic carbocycles. The molecule has 2 heteroatoms. The molecule has 0 N–H and O–H groups in total. The van der Waals surface area contributed by atoms with E-state index in [2.05, 4.69) is 48.5 Å². The molecule has 0 amide bonds. The van der Waals surface area contributed by atoms with Crippen LogP contribution >= 0.6 is 0 Å². The van der Waals surface area contributed by atoms with Gasteiger partial charge in [-0.1, -0.05) is 92.9 Å². The normalized spacial score (nSPS) is 34.1. The van der Waals surface area contributed by atoms with Crippen LogP contribution in [-0.4, -0.2) is 17.5 Å². The first-order valence-electron chi connectivity index (χ1n) is 13.3. The van der Waals surface area contributed by atoms with Gasteiger partial charge in [-0.05, 0) is 55.8 Å². The van der Waals surface area contributed by atoms with E-state index in [1.807, 2.05) is 0 Å². The summed E-state index contributed by atoms with van der Waals surface area (Å²) in [7, 11) is 0. The van der Waals surface area contributed by atoms with Crippen LogP contribution in [0.1, 0.15) is 126 Å². The fraction of sp³-hybridized carbons (Fsp3) is 0.964. The number of hydrogen-bond donors (Lipinski definition) is 0. The van der Waals surface area contributed by atoms with Crippen molar-refractivity contribution < 1.29 is 9.53 Å². The lowest BCUT2D eigenvalue weighted by Gasteiger charge is -2.49. The number of carbonyl (C=O) groups is 1. The Balaban J connectivity index is 1.63. The van der Waals surface area contributed by atoms with Crippen molar-refractivity contribution in [1.29, 1.82) is 0 Å². The minimum absolute atomic E-state index is 0.0280. The first-order chi connectivity index (χ1) is 14.1. The molecular weight excluding hydrogens is 368 g/mol. The van der Waals surface area contributed by atoms with Gasteiger partial charge in [-0.3, -0.25) is 4.79 Å². The second-order valence-corrected chi connectivity index (χ2v) is 12.0. The molecule has 0 aromatic rings. The third-order valence-electron chi connectivity index (χ3n) is 8.48. The maximum absolute atomic E-state index is 12.2. The van der Waals surface area contributed by atoms with Crippen molar-refractivity contribution in [2.45, 2.75) is 137 Å². The third-order valence-corrected chi connectivity index (χ3v) is 8.48. The molecule has 7 atom stereocenters. The molecule has 0 aromatic carbocycles. The van der Waals surface area contributed by atoms with E-state index in [1.54, 1.807) is 0 Å². The summed E-state index contributed by atoms with van der Waals surface area (Å²) in [6, 6.07) is 0. The van der Waals surface area contributed by atoms with Crippen molar-refractivity contribution in [2.75, 3.05) is 0 Å². The number of hydrogen-bond acceptors (Lipinski definition) is 2. The summed E-state index contributed by atoms with van der Waals surface area (Å²) < 4.78 is 6.71. The second-order valence-electron chi connectivity index (χ2n) is 12.0. The highest BCUT2D eigenvalue weighted by molar-refractivity contribution is 5.82. The van der Waals surface area contributed by atoms with Gasteiger partial charge in [0.1, 0.15) is 5.78 Å². The Morgan fingerprint density at radius 2 is 1.50 bits per heavy atom. The molecule has 2 nitrogen and oxygen atoms in total. The number of ketones is 1. The van der Waals surface area contributed by atoms with Gasteiger partial charge < -0.3 is 4.74 Å². The van der Waals surface area contributed by atoms with Gasteiger partial charge in [0.05, 0.1) is 11.7 Å². The van der Waals surface area contributed by atoms with E-state index in [0.29, 0.717) is 23.7 Å². The molecule has 2 rings (SSSR count). The summed E-state index contributed by atoms with van der Waals surface area (Å²) in [5, 5.41) is 0. The maximum atomic E-state index is 12.2. The molecule has 1 heterocycles. The van der Waals surface area contributed by atoms with Crippen LogP contribution < -0.4 is 0 Å². The highest BCUT2D eigenvalue weighted by Gasteiger charge is 2.46. The van der Waals surface area contributed by atoms with Crippen LogP contribution in [0, 0.1) is 35.5 Å². The zero-order valence-corrected chi connectivity index (χ0v) is 21.3. The van der Waals surface area contributed by atoms with Crippen molar-refractivity contribution in [3.8, 4) is 0 Å². The number of carbonyl (C=O) groups excluding carboxylic acids is 1. The van der Waals surface area contributed by atoms with E-state index in [1.165, 1.54) is 64.2 Å². The monoisotopic (exact) mass is 420 g/mol. The predicted molar refractivity (Wildman–Crippen MR) is 129 cm³/mol. The van der Waals surface area contributed by atoms with Gasteiger partial charge in [-0.2, -0.15) is 0 Å². The number of rotatable bonds is 12. The Labute approximate surface area is 188 Å². The zero-order chi connectivity index (χ0) is 22.3. The molecule has 0 spiro atoms.